The first-order chi connectivity index (χ1) is 22.6. The van der Waals surface area contributed by atoms with Crippen LogP contribution in [0.1, 0.15) is 75.6 Å². The van der Waals surface area contributed by atoms with Crippen molar-refractivity contribution in [1.29, 1.82) is 0 Å². The first-order valence-corrected chi connectivity index (χ1v) is 18.2. The molecule has 6 aliphatic heterocycles. The van der Waals surface area contributed by atoms with Crippen LogP contribution in [0.2, 0.25) is 0 Å². The number of piperidine rings is 6. The predicted molar refractivity (Wildman–Crippen MR) is 192 cm³/mol. The van der Waals surface area contributed by atoms with Gasteiger partial charge in [-0.2, -0.15) is 0 Å². The van der Waals surface area contributed by atoms with E-state index < -0.39 is 0 Å². The Labute approximate surface area is 279 Å². The highest BCUT2D eigenvalue weighted by atomic mass is 32.1. The van der Waals surface area contributed by atoms with Crippen molar-refractivity contribution < 1.29 is 0 Å². The van der Waals surface area contributed by atoms with Crippen molar-refractivity contribution in [2.75, 3.05) is 26.2 Å². The average Bonchev–Trinajstić information content (AvgIpc) is 3.12. The molecule has 2 aromatic heterocycles. The summed E-state index contributed by atoms with van der Waals surface area (Å²) >= 11 is 6.36. The topological polar surface area (TPSA) is 56.3 Å². The van der Waals surface area contributed by atoms with Crippen molar-refractivity contribution in [3.8, 4) is 0 Å². The monoisotopic (exact) mass is 632 g/mol. The summed E-state index contributed by atoms with van der Waals surface area (Å²) in [7, 11) is 0. The molecule has 6 saturated heterocycles. The predicted octanol–water partition coefficient (Wildman–Crippen LogP) is 7.27. The average molecular weight is 633 g/mol. The molecule has 0 amide bonds. The molecule has 8 heterocycles. The fraction of sp³-hybridized carbons (Fsp3) is 0.513. The summed E-state index contributed by atoms with van der Waals surface area (Å²) in [5, 5.41) is 11.2. The van der Waals surface area contributed by atoms with Crippen LogP contribution in [0.3, 0.4) is 0 Å². The number of hydrogen-bond donors (Lipinski definition) is 2. The van der Waals surface area contributed by atoms with E-state index in [-0.39, 0.29) is 12.1 Å². The zero-order valence-electron chi connectivity index (χ0n) is 27.3. The molecule has 10 rings (SSSR count). The smallest absolute Gasteiger partial charge is 0.167 e. The zero-order chi connectivity index (χ0) is 31.2. The molecule has 10 atom stereocenters. The third kappa shape index (κ3) is 5.48. The SMILES string of the molecule is CC[C@H]1CN2CC[C@H]1C[C@H]2[C@@H](NC(=S)N[C@@H](c1ccnc2ccccc12)[C@@H]1C[C@@H]2CCN1C[C@@H]2CC)c1ccnc2ccccc12. The molecule has 240 valence electrons. The lowest BCUT2D eigenvalue weighted by Crippen LogP contribution is -2.60. The van der Waals surface area contributed by atoms with E-state index in [1.54, 1.807) is 0 Å². The summed E-state index contributed by atoms with van der Waals surface area (Å²) in [6.45, 7) is 9.47. The van der Waals surface area contributed by atoms with Crippen molar-refractivity contribution in [2.24, 2.45) is 23.7 Å². The van der Waals surface area contributed by atoms with Crippen LogP contribution in [-0.2, 0) is 0 Å². The Balaban J connectivity index is 1.15. The van der Waals surface area contributed by atoms with E-state index in [4.69, 9.17) is 22.2 Å². The maximum atomic E-state index is 6.36. The summed E-state index contributed by atoms with van der Waals surface area (Å²) in [6.07, 6.45) is 11.6. The number of thiocarbonyl (C=S) groups is 1. The Kier molecular flexibility index (Phi) is 8.42. The highest BCUT2D eigenvalue weighted by Gasteiger charge is 2.45. The lowest BCUT2D eigenvalue weighted by molar-refractivity contribution is -0.0155. The van der Waals surface area contributed by atoms with Crippen LogP contribution in [0.5, 0.6) is 0 Å². The second-order valence-corrected chi connectivity index (χ2v) is 14.8. The standard InChI is InChI=1S/C39H48N6S/c1-3-25-23-44-19-15-27(25)21-35(44)37(31-13-17-40-33-11-7-5-9-29(31)33)42-39(46)43-38(32-14-18-41-34-12-8-6-10-30(32)34)36-22-28-16-20-45(36)24-26(28)4-2/h5-14,17-18,25-28,35-38H,3-4,15-16,19-24H2,1-2H3,(H2,42,43,46)/t25-,26-,27-,28-,35-,36-,37-,38-/m0/s1. The molecule has 46 heavy (non-hydrogen) atoms. The Morgan fingerprint density at radius 1 is 0.717 bits per heavy atom. The molecule has 6 nitrogen and oxygen atoms in total. The van der Waals surface area contributed by atoms with E-state index in [1.165, 1.54) is 86.6 Å². The molecular weight excluding hydrogens is 585 g/mol. The van der Waals surface area contributed by atoms with Gasteiger partial charge in [-0.05, 0) is 110 Å². The van der Waals surface area contributed by atoms with Gasteiger partial charge >= 0.3 is 0 Å². The van der Waals surface area contributed by atoms with Gasteiger partial charge in [-0.25, -0.2) is 0 Å². The van der Waals surface area contributed by atoms with Gasteiger partial charge in [-0.3, -0.25) is 19.8 Å². The number of nitrogens with zero attached hydrogens (tertiary/aromatic N) is 4. The Hall–Kier alpha value is -3.13. The number of hydrogen-bond acceptors (Lipinski definition) is 5. The zero-order valence-corrected chi connectivity index (χ0v) is 28.1. The Bertz CT molecular complexity index is 1570. The minimum absolute atomic E-state index is 0.0796. The molecular formula is C39H48N6S. The molecule has 0 radical (unpaired) electrons. The summed E-state index contributed by atoms with van der Waals surface area (Å²) in [6, 6.07) is 22.6. The van der Waals surface area contributed by atoms with Gasteiger partial charge in [0.2, 0.25) is 0 Å². The van der Waals surface area contributed by atoms with E-state index in [0.29, 0.717) is 12.1 Å². The molecule has 6 fully saturated rings. The molecule has 4 aromatic rings. The summed E-state index contributed by atoms with van der Waals surface area (Å²) < 4.78 is 0. The molecule has 7 heteroatoms. The molecule has 2 N–H and O–H groups in total. The highest BCUT2D eigenvalue weighted by Crippen LogP contribution is 2.44. The first kappa shape index (κ1) is 30.2. The fourth-order valence-electron chi connectivity index (χ4n) is 9.84. The van der Waals surface area contributed by atoms with E-state index in [2.05, 4.69) is 94.9 Å². The van der Waals surface area contributed by atoms with Gasteiger partial charge in [0.05, 0.1) is 23.1 Å². The number of rotatable bonds is 8. The second-order valence-electron chi connectivity index (χ2n) is 14.4. The van der Waals surface area contributed by atoms with Crippen molar-refractivity contribution in [2.45, 2.75) is 76.5 Å². The van der Waals surface area contributed by atoms with Gasteiger partial charge in [-0.1, -0.05) is 63.1 Å². The van der Waals surface area contributed by atoms with Gasteiger partial charge in [-0.15, -0.1) is 0 Å². The molecule has 4 bridgehead atoms. The van der Waals surface area contributed by atoms with E-state index in [1.807, 2.05) is 12.4 Å². The maximum absolute atomic E-state index is 6.36. The van der Waals surface area contributed by atoms with Gasteiger partial charge in [0.15, 0.2) is 5.11 Å². The number of benzene rings is 2. The van der Waals surface area contributed by atoms with Gasteiger partial charge < -0.3 is 10.6 Å². The number of aromatic nitrogens is 2. The Morgan fingerprint density at radius 3 is 1.59 bits per heavy atom. The van der Waals surface area contributed by atoms with Crippen LogP contribution in [0, 0.1) is 23.7 Å². The maximum Gasteiger partial charge on any atom is 0.167 e. The molecule has 2 unspecified atom stereocenters. The molecule has 6 aliphatic rings. The van der Waals surface area contributed by atoms with Crippen molar-refractivity contribution >= 4 is 39.1 Å². The van der Waals surface area contributed by atoms with E-state index in [0.717, 1.165) is 39.8 Å². The quantitative estimate of drug-likeness (QED) is 0.198. The van der Waals surface area contributed by atoms with Crippen LogP contribution >= 0.6 is 12.2 Å². The largest absolute Gasteiger partial charge is 0.354 e. The third-order valence-electron chi connectivity index (χ3n) is 12.3. The molecule has 0 saturated carbocycles. The van der Waals surface area contributed by atoms with E-state index in [9.17, 15) is 0 Å². The number of fused-ring (bicyclic) bond motifs is 8. The van der Waals surface area contributed by atoms with Crippen molar-refractivity contribution in [3.63, 3.8) is 0 Å². The minimum Gasteiger partial charge on any atom is -0.354 e. The number of pyridine rings is 2. The van der Waals surface area contributed by atoms with Crippen LogP contribution < -0.4 is 10.6 Å². The third-order valence-corrected chi connectivity index (χ3v) is 12.5. The summed E-state index contributed by atoms with van der Waals surface area (Å²) in [5.74, 6) is 3.17. The summed E-state index contributed by atoms with van der Waals surface area (Å²) in [4.78, 5) is 15.0. The first-order valence-electron chi connectivity index (χ1n) is 17.8. The summed E-state index contributed by atoms with van der Waals surface area (Å²) in [5.41, 5.74) is 4.70. The number of nitrogens with one attached hydrogen (secondary N) is 2. The second kappa shape index (κ2) is 12.8. The van der Waals surface area contributed by atoms with Crippen LogP contribution in [0.15, 0.2) is 73.1 Å². The fourth-order valence-corrected chi connectivity index (χ4v) is 10.1. The molecule has 2 aromatic carbocycles. The molecule has 0 aliphatic carbocycles. The van der Waals surface area contributed by atoms with Crippen LogP contribution in [-0.4, -0.2) is 63.1 Å². The lowest BCUT2D eigenvalue weighted by atomic mass is 9.72. The van der Waals surface area contributed by atoms with Gasteiger partial charge in [0, 0.05) is 48.3 Å². The molecule has 0 spiro atoms. The Morgan fingerprint density at radius 2 is 1.17 bits per heavy atom. The van der Waals surface area contributed by atoms with Crippen molar-refractivity contribution in [1.82, 2.24) is 30.4 Å². The van der Waals surface area contributed by atoms with Gasteiger partial charge in [0.1, 0.15) is 0 Å². The lowest BCUT2D eigenvalue weighted by Gasteiger charge is -2.53. The van der Waals surface area contributed by atoms with Crippen LogP contribution in [0.25, 0.3) is 21.8 Å². The van der Waals surface area contributed by atoms with Gasteiger partial charge in [0.25, 0.3) is 0 Å². The highest BCUT2D eigenvalue weighted by molar-refractivity contribution is 7.80. The minimum atomic E-state index is 0.0796. The van der Waals surface area contributed by atoms with Crippen LogP contribution in [0.4, 0.5) is 0 Å². The normalized spacial score (nSPS) is 31.5. The van der Waals surface area contributed by atoms with Crippen molar-refractivity contribution in [3.05, 3.63) is 84.2 Å². The van der Waals surface area contributed by atoms with E-state index >= 15 is 0 Å². The number of para-hydroxylation sites is 2.